The van der Waals surface area contributed by atoms with Gasteiger partial charge in [0.05, 0.1) is 29.8 Å². The second-order valence-electron chi connectivity index (χ2n) is 10.7. The molecular formula is C27H31F3N4O5. The number of aromatic nitrogens is 3. The van der Waals surface area contributed by atoms with Crippen LogP contribution in [0.15, 0.2) is 37.2 Å². The second-order valence-corrected chi connectivity index (χ2v) is 10.7. The maximum absolute atomic E-state index is 13.1. The van der Waals surface area contributed by atoms with Crippen LogP contribution in [0.5, 0.6) is 5.75 Å². The van der Waals surface area contributed by atoms with E-state index in [1.807, 2.05) is 0 Å². The molecule has 0 saturated carbocycles. The molecule has 0 bridgehead atoms. The predicted molar refractivity (Wildman–Crippen MR) is 139 cm³/mol. The minimum absolute atomic E-state index is 0.267. The molecule has 0 spiro atoms. The minimum atomic E-state index is -4.83. The third-order valence-electron chi connectivity index (χ3n) is 5.08. The number of imide groups is 1. The first-order valence-electron chi connectivity index (χ1n) is 11.9. The molecule has 1 aromatic carbocycles. The van der Waals surface area contributed by atoms with Gasteiger partial charge in [0.1, 0.15) is 22.5 Å². The van der Waals surface area contributed by atoms with Gasteiger partial charge in [-0.25, -0.2) is 24.5 Å². The van der Waals surface area contributed by atoms with Crippen LogP contribution in [0.2, 0.25) is 0 Å². The van der Waals surface area contributed by atoms with E-state index in [9.17, 15) is 22.8 Å². The third-order valence-corrected chi connectivity index (χ3v) is 5.08. The second kappa shape index (κ2) is 10.6. The number of hydrogen-bond acceptors (Lipinski definition) is 7. The first-order valence-corrected chi connectivity index (χ1v) is 11.9. The molecule has 0 atom stereocenters. The summed E-state index contributed by atoms with van der Waals surface area (Å²) >= 11 is 0. The van der Waals surface area contributed by atoms with Crippen molar-refractivity contribution in [1.29, 1.82) is 0 Å². The summed E-state index contributed by atoms with van der Waals surface area (Å²) in [6.45, 7) is 13.5. The molecule has 2 amide bonds. The van der Waals surface area contributed by atoms with E-state index in [1.165, 1.54) is 18.2 Å². The monoisotopic (exact) mass is 548 g/mol. The van der Waals surface area contributed by atoms with Crippen molar-refractivity contribution < 1.29 is 37.0 Å². The Balaban J connectivity index is 2.15. The average molecular weight is 549 g/mol. The van der Waals surface area contributed by atoms with Crippen LogP contribution in [0.25, 0.3) is 28.4 Å². The summed E-state index contributed by atoms with van der Waals surface area (Å²) in [6.07, 6.45) is -3.63. The molecule has 0 fully saturated rings. The molecule has 2 heterocycles. The van der Waals surface area contributed by atoms with E-state index < -0.39 is 35.5 Å². The van der Waals surface area contributed by atoms with E-state index in [1.54, 1.807) is 59.5 Å². The van der Waals surface area contributed by atoms with Crippen molar-refractivity contribution in [2.45, 2.75) is 65.7 Å². The van der Waals surface area contributed by atoms with Crippen LogP contribution in [0.4, 0.5) is 22.8 Å². The first-order chi connectivity index (χ1) is 17.9. The fourth-order valence-electron chi connectivity index (χ4n) is 3.64. The topological polar surface area (TPSA) is 95.8 Å². The largest absolute Gasteiger partial charge is 0.573 e. The fourth-order valence-corrected chi connectivity index (χ4v) is 3.64. The van der Waals surface area contributed by atoms with Crippen molar-refractivity contribution in [2.75, 3.05) is 0 Å². The van der Waals surface area contributed by atoms with Crippen LogP contribution < -0.4 is 4.74 Å². The summed E-state index contributed by atoms with van der Waals surface area (Å²) in [7, 11) is 1.75. The molecule has 0 radical (unpaired) electrons. The van der Waals surface area contributed by atoms with Gasteiger partial charge < -0.3 is 18.8 Å². The number of ether oxygens (including phenoxy) is 3. The van der Waals surface area contributed by atoms with E-state index in [-0.39, 0.29) is 12.2 Å². The van der Waals surface area contributed by atoms with Gasteiger partial charge in [-0.2, -0.15) is 0 Å². The highest BCUT2D eigenvalue weighted by Crippen LogP contribution is 2.33. The molecule has 210 valence electrons. The van der Waals surface area contributed by atoms with Gasteiger partial charge in [-0.15, -0.1) is 13.2 Å². The smallest absolute Gasteiger partial charge is 0.443 e. The Morgan fingerprint density at radius 2 is 1.54 bits per heavy atom. The number of alkyl halides is 3. The van der Waals surface area contributed by atoms with Crippen molar-refractivity contribution >= 4 is 29.3 Å². The van der Waals surface area contributed by atoms with Crippen molar-refractivity contribution in [3.63, 3.8) is 0 Å². The molecule has 3 aromatic rings. The normalized spacial score (nSPS) is 12.3. The molecule has 39 heavy (non-hydrogen) atoms. The average Bonchev–Trinajstić information content (AvgIpc) is 3.15. The first kappa shape index (κ1) is 29.5. The van der Waals surface area contributed by atoms with Crippen LogP contribution in [-0.4, -0.2) is 49.2 Å². The van der Waals surface area contributed by atoms with Crippen molar-refractivity contribution in [3.05, 3.63) is 48.4 Å². The summed E-state index contributed by atoms with van der Waals surface area (Å²) in [5.41, 5.74) is 0.763. The number of imidazole rings is 1. The SMILES string of the molecule is C=Cc1c(CN(C(=O)OC(C)(C)C)C(=O)OC(C)(C)C)nc(-c2ccc(OC(F)(F)F)cc2)c2ncn(C)c12. The number of benzene rings is 1. The number of hydrogen-bond donors (Lipinski definition) is 0. The minimum Gasteiger partial charge on any atom is -0.443 e. The molecule has 0 N–H and O–H groups in total. The summed E-state index contributed by atoms with van der Waals surface area (Å²) in [6, 6.07) is 5.14. The number of carbonyl (C=O) groups excluding carboxylic acids is 2. The van der Waals surface area contributed by atoms with Crippen molar-refractivity contribution in [1.82, 2.24) is 19.4 Å². The van der Waals surface area contributed by atoms with Gasteiger partial charge in [0, 0.05) is 18.2 Å². The van der Waals surface area contributed by atoms with Crippen LogP contribution in [0, 0.1) is 0 Å². The van der Waals surface area contributed by atoms with Crippen LogP contribution in [0.1, 0.15) is 52.8 Å². The van der Waals surface area contributed by atoms with Gasteiger partial charge in [-0.1, -0.05) is 12.7 Å². The lowest BCUT2D eigenvalue weighted by molar-refractivity contribution is -0.274. The highest BCUT2D eigenvalue weighted by atomic mass is 19.4. The van der Waals surface area contributed by atoms with Gasteiger partial charge in [0.2, 0.25) is 0 Å². The Kier molecular flexibility index (Phi) is 8.00. The number of halogens is 3. The Bertz CT molecular complexity index is 1360. The van der Waals surface area contributed by atoms with Crippen LogP contribution in [-0.2, 0) is 23.1 Å². The third kappa shape index (κ3) is 7.49. The molecule has 9 nitrogen and oxygen atoms in total. The summed E-state index contributed by atoms with van der Waals surface area (Å²) in [5, 5.41) is 0. The number of pyridine rings is 1. The van der Waals surface area contributed by atoms with Crippen molar-refractivity contribution in [3.8, 4) is 17.0 Å². The molecule has 0 saturated heterocycles. The lowest BCUT2D eigenvalue weighted by atomic mass is 10.0. The maximum atomic E-state index is 13.1. The molecule has 2 aromatic heterocycles. The highest BCUT2D eigenvalue weighted by molar-refractivity contribution is 5.96. The molecule has 0 unspecified atom stereocenters. The standard InChI is InChI=1S/C27H31F3N4O5/c1-9-18-19(14-34(23(35)38-25(2,3)4)24(36)39-26(5,6)7)32-20(21-22(18)33(8)15-31-21)16-10-12-17(13-11-16)37-27(28,29)30/h9-13,15H,1,14H2,2-8H3. The summed E-state index contributed by atoms with van der Waals surface area (Å²) in [4.78, 5) is 36.1. The zero-order chi connectivity index (χ0) is 29.3. The van der Waals surface area contributed by atoms with Gasteiger partial charge in [0.25, 0.3) is 0 Å². The number of rotatable bonds is 5. The Hall–Kier alpha value is -4.09. The predicted octanol–water partition coefficient (Wildman–Crippen LogP) is 6.85. The zero-order valence-corrected chi connectivity index (χ0v) is 22.8. The Morgan fingerprint density at radius 1 is 1.00 bits per heavy atom. The summed E-state index contributed by atoms with van der Waals surface area (Å²) < 4.78 is 54.5. The van der Waals surface area contributed by atoms with E-state index >= 15 is 0 Å². The Morgan fingerprint density at radius 3 is 2.00 bits per heavy atom. The summed E-state index contributed by atoms with van der Waals surface area (Å²) in [5.74, 6) is -0.396. The van der Waals surface area contributed by atoms with Gasteiger partial charge >= 0.3 is 18.5 Å². The van der Waals surface area contributed by atoms with E-state index in [4.69, 9.17) is 9.47 Å². The van der Waals surface area contributed by atoms with Crippen molar-refractivity contribution in [2.24, 2.45) is 7.05 Å². The van der Waals surface area contributed by atoms with E-state index in [0.29, 0.717) is 27.9 Å². The zero-order valence-electron chi connectivity index (χ0n) is 22.8. The van der Waals surface area contributed by atoms with Gasteiger partial charge in [-0.05, 0) is 65.8 Å². The fraction of sp³-hybridized carbons (Fsp3) is 0.407. The molecule has 12 heteroatoms. The van der Waals surface area contributed by atoms with E-state index in [0.717, 1.165) is 17.0 Å². The molecule has 0 aliphatic heterocycles. The van der Waals surface area contributed by atoms with Gasteiger partial charge in [-0.3, -0.25) is 0 Å². The quantitative estimate of drug-likeness (QED) is 0.344. The van der Waals surface area contributed by atoms with Crippen LogP contribution >= 0.6 is 0 Å². The molecule has 0 aliphatic carbocycles. The molecular weight excluding hydrogens is 517 g/mol. The molecule has 3 rings (SSSR count). The van der Waals surface area contributed by atoms with Gasteiger partial charge in [0.15, 0.2) is 0 Å². The Labute approximate surface area is 224 Å². The number of nitrogens with zero attached hydrogens (tertiary/aromatic N) is 4. The maximum Gasteiger partial charge on any atom is 0.573 e. The lowest BCUT2D eigenvalue weighted by Gasteiger charge is -2.29. The number of carbonyl (C=O) groups is 2. The number of fused-ring (bicyclic) bond motifs is 1. The van der Waals surface area contributed by atoms with E-state index in [2.05, 4.69) is 21.3 Å². The lowest BCUT2D eigenvalue weighted by Crippen LogP contribution is -2.43. The molecule has 0 aliphatic rings. The number of amides is 2. The highest BCUT2D eigenvalue weighted by Gasteiger charge is 2.33. The van der Waals surface area contributed by atoms with Crippen LogP contribution in [0.3, 0.4) is 0 Å². The number of aryl methyl sites for hydroxylation is 1.